The summed E-state index contributed by atoms with van der Waals surface area (Å²) in [4.78, 5) is 14.8. The first-order valence-corrected chi connectivity index (χ1v) is 8.07. The van der Waals surface area contributed by atoms with Crippen LogP contribution in [-0.4, -0.2) is 46.3 Å². The Balaban J connectivity index is 1.85. The Morgan fingerprint density at radius 1 is 1.52 bits per heavy atom. The number of amides is 1. The molecular formula is C16H28N4O. The number of hydrogen-bond acceptors (Lipinski definition) is 3. The summed E-state index contributed by atoms with van der Waals surface area (Å²) in [6.07, 6.45) is 3.89. The van der Waals surface area contributed by atoms with Crippen LogP contribution in [0.1, 0.15) is 49.7 Å². The normalized spacial score (nSPS) is 19.4. The van der Waals surface area contributed by atoms with Crippen molar-refractivity contribution in [3.63, 3.8) is 0 Å². The van der Waals surface area contributed by atoms with E-state index in [1.54, 1.807) is 6.20 Å². The Labute approximate surface area is 127 Å². The fourth-order valence-corrected chi connectivity index (χ4v) is 2.94. The lowest BCUT2D eigenvalue weighted by Gasteiger charge is -2.20. The zero-order valence-corrected chi connectivity index (χ0v) is 13.7. The van der Waals surface area contributed by atoms with Crippen molar-refractivity contribution < 1.29 is 4.79 Å². The summed E-state index contributed by atoms with van der Waals surface area (Å²) < 4.78 is 1.91. The molecule has 0 unspecified atom stereocenters. The van der Waals surface area contributed by atoms with Gasteiger partial charge in [-0.25, -0.2) is 0 Å². The zero-order valence-electron chi connectivity index (χ0n) is 13.7. The van der Waals surface area contributed by atoms with Gasteiger partial charge in [0.25, 0.3) is 5.91 Å². The van der Waals surface area contributed by atoms with Crippen LogP contribution in [0.5, 0.6) is 0 Å². The highest BCUT2D eigenvalue weighted by molar-refractivity contribution is 5.95. The smallest absolute Gasteiger partial charge is 0.254 e. The minimum atomic E-state index is 0.0119. The van der Waals surface area contributed by atoms with Gasteiger partial charge in [-0.2, -0.15) is 5.10 Å². The number of rotatable bonds is 6. The minimum Gasteiger partial charge on any atom is -0.352 e. The van der Waals surface area contributed by atoms with Crippen molar-refractivity contribution in [1.82, 2.24) is 20.0 Å². The molecule has 5 heteroatoms. The predicted molar refractivity (Wildman–Crippen MR) is 84.4 cm³/mol. The second-order valence-electron chi connectivity index (χ2n) is 6.32. The van der Waals surface area contributed by atoms with Crippen LogP contribution in [-0.2, 0) is 6.54 Å². The van der Waals surface area contributed by atoms with E-state index in [9.17, 15) is 4.79 Å². The average molecular weight is 292 g/mol. The van der Waals surface area contributed by atoms with Gasteiger partial charge in [0, 0.05) is 31.4 Å². The predicted octanol–water partition coefficient (Wildman–Crippen LogP) is 2.06. The molecule has 1 amide bonds. The van der Waals surface area contributed by atoms with E-state index in [2.05, 4.69) is 36.1 Å². The lowest BCUT2D eigenvalue weighted by molar-refractivity contribution is 0.0946. The lowest BCUT2D eigenvalue weighted by atomic mass is 10.1. The summed E-state index contributed by atoms with van der Waals surface area (Å²) in [5.41, 5.74) is 1.67. The van der Waals surface area contributed by atoms with Crippen molar-refractivity contribution in [3.8, 4) is 0 Å². The Morgan fingerprint density at radius 2 is 2.29 bits per heavy atom. The number of carbonyl (C=O) groups is 1. The number of nitrogens with zero attached hydrogens (tertiary/aromatic N) is 3. The third-order valence-corrected chi connectivity index (χ3v) is 4.38. The first-order valence-electron chi connectivity index (χ1n) is 8.07. The van der Waals surface area contributed by atoms with Crippen molar-refractivity contribution in [2.45, 2.75) is 53.1 Å². The molecule has 1 aliphatic rings. The van der Waals surface area contributed by atoms with Crippen LogP contribution in [0.3, 0.4) is 0 Å². The highest BCUT2D eigenvalue weighted by Crippen LogP contribution is 2.18. The third-order valence-electron chi connectivity index (χ3n) is 4.38. The lowest BCUT2D eigenvalue weighted by Crippen LogP contribution is -2.33. The van der Waals surface area contributed by atoms with Crippen molar-refractivity contribution in [1.29, 1.82) is 0 Å². The standard InChI is InChI=1S/C16H28N4O/c1-5-7-20-13(4)15(10-18-20)16(21)17-9-14-6-8-19(11-14)12(2)3/h10,12,14H,5-9,11H2,1-4H3,(H,17,21)/t14-/m0/s1. The molecule has 2 heterocycles. The maximum Gasteiger partial charge on any atom is 0.254 e. The Bertz CT molecular complexity index is 481. The summed E-state index contributed by atoms with van der Waals surface area (Å²) in [5, 5.41) is 7.37. The summed E-state index contributed by atoms with van der Waals surface area (Å²) in [6.45, 7) is 12.4. The highest BCUT2D eigenvalue weighted by Gasteiger charge is 2.24. The van der Waals surface area contributed by atoms with Crippen molar-refractivity contribution in [2.75, 3.05) is 19.6 Å². The van der Waals surface area contributed by atoms with Gasteiger partial charge < -0.3 is 10.2 Å². The number of aryl methyl sites for hydroxylation is 1. The average Bonchev–Trinajstić information content (AvgIpc) is 3.05. The molecule has 118 valence electrons. The van der Waals surface area contributed by atoms with Gasteiger partial charge in [0.2, 0.25) is 0 Å². The summed E-state index contributed by atoms with van der Waals surface area (Å²) in [5.74, 6) is 0.584. The van der Waals surface area contributed by atoms with E-state index < -0.39 is 0 Å². The monoisotopic (exact) mass is 292 g/mol. The first kappa shape index (κ1) is 16.0. The van der Waals surface area contributed by atoms with Gasteiger partial charge in [0.15, 0.2) is 0 Å². The highest BCUT2D eigenvalue weighted by atomic mass is 16.1. The van der Waals surface area contributed by atoms with E-state index in [-0.39, 0.29) is 5.91 Å². The van der Waals surface area contributed by atoms with E-state index in [0.717, 1.165) is 38.3 Å². The van der Waals surface area contributed by atoms with Gasteiger partial charge >= 0.3 is 0 Å². The molecule has 0 saturated carbocycles. The molecule has 1 fully saturated rings. The molecule has 2 rings (SSSR count). The summed E-state index contributed by atoms with van der Waals surface area (Å²) in [6, 6.07) is 0.597. The number of nitrogens with one attached hydrogen (secondary N) is 1. The summed E-state index contributed by atoms with van der Waals surface area (Å²) >= 11 is 0. The molecule has 0 aromatic carbocycles. The molecule has 1 aromatic rings. The van der Waals surface area contributed by atoms with Crippen LogP contribution in [0.15, 0.2) is 6.20 Å². The molecule has 0 aliphatic carbocycles. The molecule has 1 saturated heterocycles. The van der Waals surface area contributed by atoms with E-state index >= 15 is 0 Å². The first-order chi connectivity index (χ1) is 10.0. The molecule has 0 bridgehead atoms. The zero-order chi connectivity index (χ0) is 15.4. The van der Waals surface area contributed by atoms with Crippen molar-refractivity contribution >= 4 is 5.91 Å². The Kier molecular flexibility index (Phi) is 5.39. The van der Waals surface area contributed by atoms with E-state index in [4.69, 9.17) is 0 Å². The maximum atomic E-state index is 12.3. The van der Waals surface area contributed by atoms with Gasteiger partial charge in [-0.3, -0.25) is 9.48 Å². The van der Waals surface area contributed by atoms with Crippen LogP contribution in [0.2, 0.25) is 0 Å². The van der Waals surface area contributed by atoms with Crippen LogP contribution in [0.25, 0.3) is 0 Å². The largest absolute Gasteiger partial charge is 0.352 e. The molecule has 5 nitrogen and oxygen atoms in total. The van der Waals surface area contributed by atoms with Gasteiger partial charge in [-0.15, -0.1) is 0 Å². The summed E-state index contributed by atoms with van der Waals surface area (Å²) in [7, 11) is 0. The second-order valence-corrected chi connectivity index (χ2v) is 6.32. The number of aromatic nitrogens is 2. The Hall–Kier alpha value is -1.36. The van der Waals surface area contributed by atoms with Crippen molar-refractivity contribution in [2.24, 2.45) is 5.92 Å². The fourth-order valence-electron chi connectivity index (χ4n) is 2.94. The van der Waals surface area contributed by atoms with Crippen molar-refractivity contribution in [3.05, 3.63) is 17.5 Å². The minimum absolute atomic E-state index is 0.0119. The quantitative estimate of drug-likeness (QED) is 0.873. The SMILES string of the molecule is CCCn1ncc(C(=O)NC[C@@H]2CCN(C(C)C)C2)c1C. The van der Waals surface area contributed by atoms with Gasteiger partial charge in [0.05, 0.1) is 11.8 Å². The Morgan fingerprint density at radius 3 is 2.90 bits per heavy atom. The molecule has 1 aromatic heterocycles. The molecule has 21 heavy (non-hydrogen) atoms. The van der Waals surface area contributed by atoms with Crippen LogP contribution in [0.4, 0.5) is 0 Å². The molecule has 1 aliphatic heterocycles. The number of carbonyl (C=O) groups excluding carboxylic acids is 1. The van der Waals surface area contributed by atoms with Crippen LogP contribution >= 0.6 is 0 Å². The third kappa shape index (κ3) is 3.84. The second kappa shape index (κ2) is 7.07. The topological polar surface area (TPSA) is 50.2 Å². The van der Waals surface area contributed by atoms with E-state index in [1.165, 1.54) is 6.42 Å². The van der Waals surface area contributed by atoms with E-state index in [1.807, 2.05) is 11.6 Å². The molecular weight excluding hydrogens is 264 g/mol. The van der Waals surface area contributed by atoms with Gasteiger partial charge in [0.1, 0.15) is 0 Å². The van der Waals surface area contributed by atoms with Crippen LogP contribution < -0.4 is 5.32 Å². The molecule has 0 radical (unpaired) electrons. The van der Waals surface area contributed by atoms with E-state index in [0.29, 0.717) is 17.5 Å². The molecule has 1 atom stereocenters. The molecule has 0 spiro atoms. The number of likely N-dealkylation sites (tertiary alicyclic amines) is 1. The van der Waals surface area contributed by atoms with Gasteiger partial charge in [-0.1, -0.05) is 6.92 Å². The van der Waals surface area contributed by atoms with Crippen LogP contribution in [0, 0.1) is 12.8 Å². The van der Waals surface area contributed by atoms with Gasteiger partial charge in [-0.05, 0) is 46.1 Å². The fraction of sp³-hybridized carbons (Fsp3) is 0.750. The molecule has 1 N–H and O–H groups in total. The number of hydrogen-bond donors (Lipinski definition) is 1. The maximum absolute atomic E-state index is 12.3.